The molecule has 0 amide bonds. The highest BCUT2D eigenvalue weighted by Crippen LogP contribution is 2.18. The summed E-state index contributed by atoms with van der Waals surface area (Å²) in [5.74, 6) is 0.786. The van der Waals surface area contributed by atoms with Crippen molar-refractivity contribution in [2.75, 3.05) is 39.8 Å². The fourth-order valence-electron chi connectivity index (χ4n) is 2.45. The molecule has 0 aliphatic carbocycles. The Labute approximate surface area is 115 Å². The first kappa shape index (κ1) is 14.3. The van der Waals surface area contributed by atoms with Crippen molar-refractivity contribution in [3.63, 3.8) is 0 Å². The van der Waals surface area contributed by atoms with E-state index >= 15 is 0 Å². The van der Waals surface area contributed by atoms with Crippen LogP contribution >= 0.6 is 0 Å². The standard InChI is InChI=1S/C15H24N2O2/c1-19-14-6-4-5-13(11-14)15(18)12-16-7-10-17-8-2-3-9-17/h4-6,11,15-16,18H,2-3,7-10,12H2,1H3. The highest BCUT2D eigenvalue weighted by atomic mass is 16.5. The summed E-state index contributed by atoms with van der Waals surface area (Å²) in [5.41, 5.74) is 0.896. The van der Waals surface area contributed by atoms with Crippen LogP contribution in [0.15, 0.2) is 24.3 Å². The van der Waals surface area contributed by atoms with Gasteiger partial charge in [0.15, 0.2) is 0 Å². The number of hydrogen-bond donors (Lipinski definition) is 2. The monoisotopic (exact) mass is 264 g/mol. The van der Waals surface area contributed by atoms with Crippen LogP contribution in [-0.4, -0.2) is 49.8 Å². The predicted octanol–water partition coefficient (Wildman–Crippen LogP) is 1.41. The van der Waals surface area contributed by atoms with Crippen molar-refractivity contribution >= 4 is 0 Å². The van der Waals surface area contributed by atoms with E-state index in [-0.39, 0.29) is 0 Å². The summed E-state index contributed by atoms with van der Waals surface area (Å²) in [5, 5.41) is 13.4. The molecular formula is C15H24N2O2. The summed E-state index contributed by atoms with van der Waals surface area (Å²) < 4.78 is 5.16. The maximum atomic E-state index is 10.1. The van der Waals surface area contributed by atoms with Crippen LogP contribution < -0.4 is 10.1 Å². The average Bonchev–Trinajstić information content (AvgIpc) is 2.96. The fraction of sp³-hybridized carbons (Fsp3) is 0.600. The second kappa shape index (κ2) is 7.48. The van der Waals surface area contributed by atoms with Gasteiger partial charge >= 0.3 is 0 Å². The maximum Gasteiger partial charge on any atom is 0.119 e. The Morgan fingerprint density at radius 2 is 2.16 bits per heavy atom. The summed E-state index contributed by atoms with van der Waals surface area (Å²) >= 11 is 0. The van der Waals surface area contributed by atoms with Gasteiger partial charge in [0.2, 0.25) is 0 Å². The normalized spacial score (nSPS) is 17.6. The summed E-state index contributed by atoms with van der Waals surface area (Å²) in [6, 6.07) is 7.60. The minimum absolute atomic E-state index is 0.478. The Morgan fingerprint density at radius 1 is 1.37 bits per heavy atom. The van der Waals surface area contributed by atoms with Crippen LogP contribution in [0.2, 0.25) is 0 Å². The summed E-state index contributed by atoms with van der Waals surface area (Å²) in [6.07, 6.45) is 2.17. The number of rotatable bonds is 7. The molecule has 0 spiro atoms. The number of benzene rings is 1. The van der Waals surface area contributed by atoms with E-state index in [9.17, 15) is 5.11 Å². The first-order chi connectivity index (χ1) is 9.29. The van der Waals surface area contributed by atoms with Gasteiger partial charge in [0.1, 0.15) is 5.75 Å². The fourth-order valence-corrected chi connectivity index (χ4v) is 2.45. The maximum absolute atomic E-state index is 10.1. The lowest BCUT2D eigenvalue weighted by Crippen LogP contribution is -2.32. The number of nitrogens with one attached hydrogen (secondary N) is 1. The molecule has 0 saturated carbocycles. The summed E-state index contributed by atoms with van der Waals surface area (Å²) in [4.78, 5) is 2.46. The van der Waals surface area contributed by atoms with Gasteiger partial charge in [0, 0.05) is 19.6 Å². The first-order valence-electron chi connectivity index (χ1n) is 7.04. The second-order valence-electron chi connectivity index (χ2n) is 5.05. The summed E-state index contributed by atoms with van der Waals surface area (Å²) in [7, 11) is 1.64. The molecule has 1 aromatic carbocycles. The molecule has 4 nitrogen and oxygen atoms in total. The number of likely N-dealkylation sites (tertiary alicyclic amines) is 1. The van der Waals surface area contributed by atoms with E-state index in [1.54, 1.807) is 7.11 Å². The molecule has 2 rings (SSSR count). The van der Waals surface area contributed by atoms with Crippen molar-refractivity contribution in [1.29, 1.82) is 0 Å². The van der Waals surface area contributed by atoms with Gasteiger partial charge in [-0.3, -0.25) is 0 Å². The van der Waals surface area contributed by atoms with E-state index in [4.69, 9.17) is 4.74 Å². The van der Waals surface area contributed by atoms with Crippen molar-refractivity contribution in [3.05, 3.63) is 29.8 Å². The zero-order valence-corrected chi connectivity index (χ0v) is 11.6. The van der Waals surface area contributed by atoms with Crippen LogP contribution in [0.5, 0.6) is 5.75 Å². The van der Waals surface area contributed by atoms with Gasteiger partial charge in [-0.05, 0) is 43.6 Å². The average molecular weight is 264 g/mol. The third-order valence-corrected chi connectivity index (χ3v) is 3.62. The Kier molecular flexibility index (Phi) is 5.63. The number of methoxy groups -OCH3 is 1. The van der Waals surface area contributed by atoms with Crippen LogP contribution in [0.3, 0.4) is 0 Å². The molecule has 1 aromatic rings. The Morgan fingerprint density at radius 3 is 2.89 bits per heavy atom. The molecule has 1 heterocycles. The lowest BCUT2D eigenvalue weighted by atomic mass is 10.1. The van der Waals surface area contributed by atoms with Gasteiger partial charge in [-0.15, -0.1) is 0 Å². The SMILES string of the molecule is COc1cccc(C(O)CNCCN2CCCC2)c1. The quantitative estimate of drug-likeness (QED) is 0.731. The molecule has 19 heavy (non-hydrogen) atoms. The smallest absolute Gasteiger partial charge is 0.119 e. The van der Waals surface area contributed by atoms with Crippen LogP contribution in [0, 0.1) is 0 Å². The van der Waals surface area contributed by atoms with Crippen molar-refractivity contribution < 1.29 is 9.84 Å². The number of aliphatic hydroxyl groups is 1. The molecular weight excluding hydrogens is 240 g/mol. The van der Waals surface area contributed by atoms with Crippen molar-refractivity contribution in [3.8, 4) is 5.75 Å². The number of aliphatic hydroxyl groups excluding tert-OH is 1. The predicted molar refractivity (Wildman–Crippen MR) is 76.5 cm³/mol. The molecule has 2 N–H and O–H groups in total. The van der Waals surface area contributed by atoms with Gasteiger partial charge in [-0.25, -0.2) is 0 Å². The van der Waals surface area contributed by atoms with Gasteiger partial charge in [-0.2, -0.15) is 0 Å². The lowest BCUT2D eigenvalue weighted by Gasteiger charge is -2.17. The summed E-state index contributed by atoms with van der Waals surface area (Å²) in [6.45, 7) is 5.03. The molecule has 1 aliphatic rings. The molecule has 4 heteroatoms. The third-order valence-electron chi connectivity index (χ3n) is 3.62. The van der Waals surface area contributed by atoms with E-state index in [1.165, 1.54) is 25.9 Å². The van der Waals surface area contributed by atoms with Crippen molar-refractivity contribution in [2.24, 2.45) is 0 Å². The zero-order valence-electron chi connectivity index (χ0n) is 11.6. The molecule has 1 atom stereocenters. The van der Waals surface area contributed by atoms with Gasteiger partial charge in [-0.1, -0.05) is 12.1 Å². The van der Waals surface area contributed by atoms with Gasteiger partial charge < -0.3 is 20.1 Å². The molecule has 1 aliphatic heterocycles. The minimum atomic E-state index is -0.478. The molecule has 0 bridgehead atoms. The van der Waals surface area contributed by atoms with Gasteiger partial charge in [0.25, 0.3) is 0 Å². The molecule has 106 valence electrons. The second-order valence-corrected chi connectivity index (χ2v) is 5.05. The van der Waals surface area contributed by atoms with Crippen LogP contribution in [0.25, 0.3) is 0 Å². The van der Waals surface area contributed by atoms with Crippen molar-refractivity contribution in [2.45, 2.75) is 18.9 Å². The van der Waals surface area contributed by atoms with E-state index in [0.717, 1.165) is 24.4 Å². The Bertz CT molecular complexity index is 378. The van der Waals surface area contributed by atoms with Crippen LogP contribution in [0.4, 0.5) is 0 Å². The molecule has 0 radical (unpaired) electrons. The largest absolute Gasteiger partial charge is 0.497 e. The third kappa shape index (κ3) is 4.49. The van der Waals surface area contributed by atoms with E-state index < -0.39 is 6.10 Å². The number of nitrogens with zero attached hydrogens (tertiary/aromatic N) is 1. The number of hydrogen-bond acceptors (Lipinski definition) is 4. The van der Waals surface area contributed by atoms with E-state index in [1.807, 2.05) is 24.3 Å². The lowest BCUT2D eigenvalue weighted by molar-refractivity contribution is 0.172. The van der Waals surface area contributed by atoms with E-state index in [2.05, 4.69) is 10.2 Å². The topological polar surface area (TPSA) is 44.7 Å². The highest BCUT2D eigenvalue weighted by molar-refractivity contribution is 5.29. The van der Waals surface area contributed by atoms with Crippen molar-refractivity contribution in [1.82, 2.24) is 10.2 Å². The van der Waals surface area contributed by atoms with Crippen LogP contribution in [-0.2, 0) is 0 Å². The minimum Gasteiger partial charge on any atom is -0.497 e. The Balaban J connectivity index is 1.69. The molecule has 1 saturated heterocycles. The molecule has 1 fully saturated rings. The number of ether oxygens (including phenoxy) is 1. The highest BCUT2D eigenvalue weighted by Gasteiger charge is 2.11. The molecule has 1 unspecified atom stereocenters. The zero-order chi connectivity index (χ0) is 13.5. The van der Waals surface area contributed by atoms with E-state index in [0.29, 0.717) is 6.54 Å². The van der Waals surface area contributed by atoms with Gasteiger partial charge in [0.05, 0.1) is 13.2 Å². The Hall–Kier alpha value is -1.10. The molecule has 0 aromatic heterocycles. The first-order valence-corrected chi connectivity index (χ1v) is 7.04. The van der Waals surface area contributed by atoms with Crippen LogP contribution in [0.1, 0.15) is 24.5 Å².